The van der Waals surface area contributed by atoms with E-state index >= 15 is 0 Å². The maximum absolute atomic E-state index is 6.24. The van der Waals surface area contributed by atoms with Gasteiger partial charge in [0.1, 0.15) is 0 Å². The Balaban J connectivity index is 1.72. The predicted molar refractivity (Wildman–Crippen MR) is 80.2 cm³/mol. The van der Waals surface area contributed by atoms with Crippen LogP contribution in [0.5, 0.6) is 0 Å². The molecule has 1 aliphatic heterocycles. The third-order valence-electron chi connectivity index (χ3n) is 5.27. The number of nitrogens with two attached hydrogens (primary N) is 1. The topological polar surface area (TPSA) is 38.5 Å². The first kappa shape index (κ1) is 15.3. The molecule has 3 heteroatoms. The summed E-state index contributed by atoms with van der Waals surface area (Å²) in [5.74, 6) is 1.68. The molecule has 0 radical (unpaired) electrons. The van der Waals surface area contributed by atoms with E-state index in [1.165, 1.54) is 38.8 Å². The summed E-state index contributed by atoms with van der Waals surface area (Å²) < 4.78 is 6.24. The van der Waals surface area contributed by atoms with Crippen LogP contribution in [-0.2, 0) is 4.74 Å². The first-order chi connectivity index (χ1) is 9.15. The molecule has 19 heavy (non-hydrogen) atoms. The largest absolute Gasteiger partial charge is 0.372 e. The molecule has 0 amide bonds. The zero-order chi connectivity index (χ0) is 13.7. The van der Waals surface area contributed by atoms with Gasteiger partial charge in [0, 0.05) is 13.1 Å². The lowest BCUT2D eigenvalue weighted by atomic mass is 9.74. The molecule has 2 fully saturated rings. The average Bonchev–Trinajstić information content (AvgIpc) is 2.92. The van der Waals surface area contributed by atoms with Crippen LogP contribution in [-0.4, -0.2) is 43.3 Å². The summed E-state index contributed by atoms with van der Waals surface area (Å²) in [6.07, 6.45) is 7.62. The van der Waals surface area contributed by atoms with Gasteiger partial charge in [0.05, 0.1) is 12.2 Å². The van der Waals surface area contributed by atoms with E-state index in [1.54, 1.807) is 0 Å². The van der Waals surface area contributed by atoms with Crippen LogP contribution in [0.1, 0.15) is 52.4 Å². The van der Waals surface area contributed by atoms with E-state index in [0.29, 0.717) is 6.54 Å². The van der Waals surface area contributed by atoms with Crippen molar-refractivity contribution in [3.8, 4) is 0 Å². The Hall–Kier alpha value is -0.120. The number of likely N-dealkylation sites (tertiary alicyclic amines) is 1. The quantitative estimate of drug-likeness (QED) is 0.805. The molecule has 3 nitrogen and oxygen atoms in total. The van der Waals surface area contributed by atoms with Crippen LogP contribution in [0.2, 0.25) is 0 Å². The molecule has 1 saturated carbocycles. The maximum atomic E-state index is 6.24. The smallest absolute Gasteiger partial charge is 0.0805 e. The van der Waals surface area contributed by atoms with E-state index in [1.807, 2.05) is 0 Å². The van der Waals surface area contributed by atoms with Gasteiger partial charge < -0.3 is 15.4 Å². The van der Waals surface area contributed by atoms with Crippen molar-refractivity contribution in [3.05, 3.63) is 0 Å². The van der Waals surface area contributed by atoms with Crippen molar-refractivity contribution in [2.75, 3.05) is 32.8 Å². The Morgan fingerprint density at radius 3 is 2.37 bits per heavy atom. The lowest BCUT2D eigenvalue weighted by Gasteiger charge is -2.40. The van der Waals surface area contributed by atoms with Gasteiger partial charge in [0.25, 0.3) is 0 Å². The number of nitrogens with zero attached hydrogens (tertiary/aromatic N) is 1. The summed E-state index contributed by atoms with van der Waals surface area (Å²) in [5.41, 5.74) is 6.01. The van der Waals surface area contributed by atoms with Crippen LogP contribution in [0.4, 0.5) is 0 Å². The van der Waals surface area contributed by atoms with E-state index in [-0.39, 0.29) is 5.60 Å². The Kier molecular flexibility index (Phi) is 5.67. The normalized spacial score (nSPS) is 33.2. The molecule has 0 aromatic rings. The van der Waals surface area contributed by atoms with Crippen molar-refractivity contribution in [1.29, 1.82) is 0 Å². The Labute approximate surface area is 118 Å². The first-order valence-corrected chi connectivity index (χ1v) is 8.21. The SMILES string of the molecule is CC(C)C1CCC(CN)(OCCN2CCCC2)CC1. The highest BCUT2D eigenvalue weighted by Gasteiger charge is 2.35. The second kappa shape index (κ2) is 7.05. The van der Waals surface area contributed by atoms with Gasteiger partial charge in [-0.3, -0.25) is 0 Å². The van der Waals surface area contributed by atoms with E-state index in [4.69, 9.17) is 10.5 Å². The van der Waals surface area contributed by atoms with E-state index < -0.39 is 0 Å². The van der Waals surface area contributed by atoms with Gasteiger partial charge in [0.2, 0.25) is 0 Å². The van der Waals surface area contributed by atoms with E-state index in [0.717, 1.165) is 37.8 Å². The van der Waals surface area contributed by atoms with E-state index in [2.05, 4.69) is 18.7 Å². The summed E-state index contributed by atoms with van der Waals surface area (Å²) in [4.78, 5) is 2.52. The lowest BCUT2D eigenvalue weighted by molar-refractivity contribution is -0.0785. The van der Waals surface area contributed by atoms with Crippen molar-refractivity contribution in [1.82, 2.24) is 4.90 Å². The zero-order valence-electron chi connectivity index (χ0n) is 12.9. The monoisotopic (exact) mass is 268 g/mol. The van der Waals surface area contributed by atoms with Crippen molar-refractivity contribution in [2.45, 2.75) is 58.0 Å². The molecule has 0 unspecified atom stereocenters. The van der Waals surface area contributed by atoms with Crippen LogP contribution in [0, 0.1) is 11.8 Å². The minimum Gasteiger partial charge on any atom is -0.372 e. The molecular formula is C16H32N2O. The second-order valence-corrected chi connectivity index (χ2v) is 6.87. The van der Waals surface area contributed by atoms with Gasteiger partial charge in [-0.1, -0.05) is 13.8 Å². The van der Waals surface area contributed by atoms with Crippen LogP contribution < -0.4 is 5.73 Å². The summed E-state index contributed by atoms with van der Waals surface area (Å²) in [7, 11) is 0. The third-order valence-corrected chi connectivity index (χ3v) is 5.27. The Bertz CT molecular complexity index is 253. The first-order valence-electron chi connectivity index (χ1n) is 8.21. The predicted octanol–water partition coefficient (Wildman–Crippen LogP) is 2.64. The molecule has 0 aromatic carbocycles. The number of hydrogen-bond donors (Lipinski definition) is 1. The molecular weight excluding hydrogens is 236 g/mol. The zero-order valence-corrected chi connectivity index (χ0v) is 12.9. The summed E-state index contributed by atoms with van der Waals surface area (Å²) >= 11 is 0. The molecule has 2 rings (SSSR count). The molecule has 2 N–H and O–H groups in total. The van der Waals surface area contributed by atoms with Crippen LogP contribution in [0.3, 0.4) is 0 Å². The fourth-order valence-electron chi connectivity index (χ4n) is 3.64. The van der Waals surface area contributed by atoms with Gasteiger partial charge in [-0.15, -0.1) is 0 Å². The van der Waals surface area contributed by atoms with Gasteiger partial charge >= 0.3 is 0 Å². The molecule has 0 atom stereocenters. The highest BCUT2D eigenvalue weighted by molar-refractivity contribution is 4.89. The van der Waals surface area contributed by atoms with Crippen LogP contribution >= 0.6 is 0 Å². The maximum Gasteiger partial charge on any atom is 0.0805 e. The number of ether oxygens (including phenoxy) is 1. The Morgan fingerprint density at radius 2 is 1.84 bits per heavy atom. The standard InChI is InChI=1S/C16H32N2O/c1-14(2)15-5-7-16(13-17,8-6-15)19-12-11-18-9-3-4-10-18/h14-15H,3-13,17H2,1-2H3. The van der Waals surface area contributed by atoms with Gasteiger partial charge in [-0.2, -0.15) is 0 Å². The molecule has 112 valence electrons. The molecule has 1 aliphatic carbocycles. The average molecular weight is 268 g/mol. The molecule has 0 aromatic heterocycles. The fraction of sp³-hybridized carbons (Fsp3) is 1.00. The Morgan fingerprint density at radius 1 is 1.21 bits per heavy atom. The fourth-order valence-corrected chi connectivity index (χ4v) is 3.64. The molecule has 1 heterocycles. The van der Waals surface area contributed by atoms with Gasteiger partial charge in [0.15, 0.2) is 0 Å². The van der Waals surface area contributed by atoms with Crippen molar-refractivity contribution < 1.29 is 4.74 Å². The summed E-state index contributed by atoms with van der Waals surface area (Å²) in [5, 5.41) is 0. The van der Waals surface area contributed by atoms with Gasteiger partial charge in [-0.25, -0.2) is 0 Å². The number of hydrogen-bond acceptors (Lipinski definition) is 3. The number of rotatable bonds is 6. The van der Waals surface area contributed by atoms with Crippen molar-refractivity contribution >= 4 is 0 Å². The molecule has 2 aliphatic rings. The summed E-state index contributed by atoms with van der Waals surface area (Å²) in [6.45, 7) is 9.85. The highest BCUT2D eigenvalue weighted by atomic mass is 16.5. The molecule has 0 spiro atoms. The lowest BCUT2D eigenvalue weighted by Crippen LogP contribution is -2.45. The van der Waals surface area contributed by atoms with Crippen LogP contribution in [0.15, 0.2) is 0 Å². The molecule has 0 bridgehead atoms. The second-order valence-electron chi connectivity index (χ2n) is 6.87. The molecule has 1 saturated heterocycles. The van der Waals surface area contributed by atoms with E-state index in [9.17, 15) is 0 Å². The summed E-state index contributed by atoms with van der Waals surface area (Å²) in [6, 6.07) is 0. The third kappa shape index (κ3) is 4.17. The minimum atomic E-state index is -0.00882. The minimum absolute atomic E-state index is 0.00882. The van der Waals surface area contributed by atoms with Crippen LogP contribution in [0.25, 0.3) is 0 Å². The highest BCUT2D eigenvalue weighted by Crippen LogP contribution is 2.37. The van der Waals surface area contributed by atoms with Crippen molar-refractivity contribution in [2.24, 2.45) is 17.6 Å². The van der Waals surface area contributed by atoms with Gasteiger partial charge in [-0.05, 0) is 63.5 Å². The van der Waals surface area contributed by atoms with Crippen molar-refractivity contribution in [3.63, 3.8) is 0 Å².